The molecule has 2 N–H and O–H groups in total. The lowest BCUT2D eigenvalue weighted by molar-refractivity contribution is -0.385. The van der Waals surface area contributed by atoms with E-state index in [4.69, 9.17) is 4.74 Å². The van der Waals surface area contributed by atoms with E-state index in [1.54, 1.807) is 19.1 Å². The van der Waals surface area contributed by atoms with Gasteiger partial charge in [0.15, 0.2) is 0 Å². The second-order valence-corrected chi connectivity index (χ2v) is 5.86. The van der Waals surface area contributed by atoms with Gasteiger partial charge < -0.3 is 15.4 Å². The third kappa shape index (κ3) is 3.71. The summed E-state index contributed by atoms with van der Waals surface area (Å²) in [5.74, 6) is 0.620. The van der Waals surface area contributed by atoms with E-state index in [0.29, 0.717) is 24.3 Å². The van der Waals surface area contributed by atoms with Crippen molar-refractivity contribution in [2.75, 3.05) is 18.5 Å². The fourth-order valence-electron chi connectivity index (χ4n) is 2.93. The summed E-state index contributed by atoms with van der Waals surface area (Å²) in [6.07, 6.45) is 0.707. The number of carbonyl (C=O) groups is 1. The highest BCUT2D eigenvalue weighted by molar-refractivity contribution is 5.81. The Morgan fingerprint density at radius 1 is 1.28 bits per heavy atom. The zero-order valence-electron chi connectivity index (χ0n) is 13.8. The predicted octanol–water partition coefficient (Wildman–Crippen LogP) is 2.96. The molecule has 0 fully saturated rings. The van der Waals surface area contributed by atoms with Crippen molar-refractivity contribution in [3.05, 3.63) is 63.7 Å². The van der Waals surface area contributed by atoms with Gasteiger partial charge in [0.05, 0.1) is 24.1 Å². The molecule has 0 bridgehead atoms. The lowest BCUT2D eigenvalue weighted by Crippen LogP contribution is -2.35. The first kappa shape index (κ1) is 16.8. The first-order chi connectivity index (χ1) is 12.1. The van der Waals surface area contributed by atoms with E-state index in [1.165, 1.54) is 6.07 Å². The number of para-hydroxylation sites is 1. The summed E-state index contributed by atoms with van der Waals surface area (Å²) in [5.41, 5.74) is 2.09. The molecule has 3 rings (SSSR count). The monoisotopic (exact) mass is 341 g/mol. The Labute approximate surface area is 145 Å². The van der Waals surface area contributed by atoms with Gasteiger partial charge >= 0.3 is 0 Å². The molecule has 0 aliphatic carbocycles. The molecule has 1 atom stereocenters. The lowest BCUT2D eigenvalue weighted by atomic mass is 10.0. The fraction of sp³-hybridized carbons (Fsp3) is 0.278. The van der Waals surface area contributed by atoms with Crippen LogP contribution >= 0.6 is 0 Å². The summed E-state index contributed by atoms with van der Waals surface area (Å²) >= 11 is 0. The van der Waals surface area contributed by atoms with Gasteiger partial charge in [-0.2, -0.15) is 0 Å². The van der Waals surface area contributed by atoms with E-state index in [0.717, 1.165) is 11.3 Å². The molecule has 0 saturated heterocycles. The Morgan fingerprint density at radius 2 is 2.08 bits per heavy atom. The van der Waals surface area contributed by atoms with Gasteiger partial charge in [-0.15, -0.1) is 0 Å². The Hall–Kier alpha value is -3.09. The van der Waals surface area contributed by atoms with E-state index in [2.05, 4.69) is 10.6 Å². The summed E-state index contributed by atoms with van der Waals surface area (Å²) in [6, 6.07) is 12.3. The summed E-state index contributed by atoms with van der Waals surface area (Å²) < 4.78 is 5.59. The number of amides is 1. The molecule has 1 aliphatic rings. The highest BCUT2D eigenvalue weighted by atomic mass is 16.6. The van der Waals surface area contributed by atoms with Gasteiger partial charge in [-0.05, 0) is 19.1 Å². The van der Waals surface area contributed by atoms with Crippen molar-refractivity contribution < 1.29 is 14.5 Å². The van der Waals surface area contributed by atoms with Crippen LogP contribution in [0.4, 0.5) is 11.4 Å². The summed E-state index contributed by atoms with van der Waals surface area (Å²) in [7, 11) is 0. The molecule has 7 nitrogen and oxygen atoms in total. The standard InChI is InChI=1S/C18H19N3O4/c1-12-14(6-4-7-16(12)21(23)24)19-11-18(22)20-15-9-10-25-17-8-3-2-5-13(15)17/h2-8,15,19H,9-11H2,1H3,(H,20,22). The molecule has 2 aromatic rings. The van der Waals surface area contributed by atoms with Gasteiger partial charge in [0.1, 0.15) is 5.75 Å². The van der Waals surface area contributed by atoms with Crippen molar-refractivity contribution in [1.82, 2.24) is 5.32 Å². The molecule has 0 saturated carbocycles. The van der Waals surface area contributed by atoms with E-state index in [9.17, 15) is 14.9 Å². The van der Waals surface area contributed by atoms with Gasteiger partial charge in [-0.3, -0.25) is 14.9 Å². The van der Waals surface area contributed by atoms with E-state index < -0.39 is 4.92 Å². The first-order valence-electron chi connectivity index (χ1n) is 8.05. The van der Waals surface area contributed by atoms with Crippen LogP contribution in [0.2, 0.25) is 0 Å². The number of hydrogen-bond acceptors (Lipinski definition) is 5. The number of fused-ring (bicyclic) bond motifs is 1. The average molecular weight is 341 g/mol. The second kappa shape index (κ2) is 7.21. The normalized spacial score (nSPS) is 15.6. The highest BCUT2D eigenvalue weighted by Crippen LogP contribution is 2.31. The van der Waals surface area contributed by atoms with Crippen LogP contribution in [-0.4, -0.2) is 24.0 Å². The molecule has 25 heavy (non-hydrogen) atoms. The Kier molecular flexibility index (Phi) is 4.83. The molecule has 1 unspecified atom stereocenters. The molecule has 0 spiro atoms. The van der Waals surface area contributed by atoms with Gasteiger partial charge in [0.25, 0.3) is 5.69 Å². The summed E-state index contributed by atoms with van der Waals surface area (Å²) in [6.45, 7) is 2.26. The predicted molar refractivity (Wildman–Crippen MR) is 93.8 cm³/mol. The Bertz CT molecular complexity index is 807. The van der Waals surface area contributed by atoms with Crippen LogP contribution in [-0.2, 0) is 4.79 Å². The maximum absolute atomic E-state index is 12.3. The van der Waals surface area contributed by atoms with Crippen LogP contribution < -0.4 is 15.4 Å². The number of nitro benzene ring substituents is 1. The molecule has 1 aliphatic heterocycles. The molecule has 2 aromatic carbocycles. The number of hydrogen-bond donors (Lipinski definition) is 2. The molecule has 7 heteroatoms. The number of nitrogens with zero attached hydrogens (tertiary/aromatic N) is 1. The van der Waals surface area contributed by atoms with E-state index >= 15 is 0 Å². The number of carbonyl (C=O) groups excluding carboxylic acids is 1. The van der Waals surface area contributed by atoms with Gasteiger partial charge in [-0.1, -0.05) is 24.3 Å². The van der Waals surface area contributed by atoms with Crippen molar-refractivity contribution in [1.29, 1.82) is 0 Å². The zero-order chi connectivity index (χ0) is 17.8. The number of nitro groups is 1. The number of nitrogens with one attached hydrogen (secondary N) is 2. The number of anilines is 1. The van der Waals surface area contributed by atoms with Crippen LogP contribution in [0.5, 0.6) is 5.75 Å². The van der Waals surface area contributed by atoms with Gasteiger partial charge in [-0.25, -0.2) is 0 Å². The minimum Gasteiger partial charge on any atom is -0.493 e. The third-order valence-corrected chi connectivity index (χ3v) is 4.24. The summed E-state index contributed by atoms with van der Waals surface area (Å²) in [5, 5.41) is 16.9. The minimum absolute atomic E-state index is 0.0313. The quantitative estimate of drug-likeness (QED) is 0.644. The van der Waals surface area contributed by atoms with Crippen molar-refractivity contribution in [2.45, 2.75) is 19.4 Å². The average Bonchev–Trinajstić information content (AvgIpc) is 2.61. The highest BCUT2D eigenvalue weighted by Gasteiger charge is 2.22. The first-order valence-corrected chi connectivity index (χ1v) is 8.05. The van der Waals surface area contributed by atoms with Crippen LogP contribution in [0, 0.1) is 17.0 Å². The molecule has 130 valence electrons. The van der Waals surface area contributed by atoms with Gasteiger partial charge in [0, 0.05) is 29.3 Å². The largest absolute Gasteiger partial charge is 0.493 e. The SMILES string of the molecule is Cc1c(NCC(=O)NC2CCOc3ccccc32)cccc1[N+](=O)[O-]. The van der Waals surface area contributed by atoms with Crippen LogP contribution in [0.15, 0.2) is 42.5 Å². The van der Waals surface area contributed by atoms with Crippen molar-refractivity contribution in [3.8, 4) is 5.75 Å². The maximum Gasteiger partial charge on any atom is 0.274 e. The second-order valence-electron chi connectivity index (χ2n) is 5.86. The smallest absolute Gasteiger partial charge is 0.274 e. The molecular weight excluding hydrogens is 322 g/mol. The zero-order valence-corrected chi connectivity index (χ0v) is 13.8. The Morgan fingerprint density at radius 3 is 2.88 bits per heavy atom. The number of rotatable bonds is 5. The van der Waals surface area contributed by atoms with Crippen molar-refractivity contribution in [3.63, 3.8) is 0 Å². The van der Waals surface area contributed by atoms with Crippen LogP contribution in [0.3, 0.4) is 0 Å². The van der Waals surface area contributed by atoms with E-state index in [1.807, 2.05) is 24.3 Å². The molecule has 1 amide bonds. The van der Waals surface area contributed by atoms with Crippen LogP contribution in [0.1, 0.15) is 23.6 Å². The fourth-order valence-corrected chi connectivity index (χ4v) is 2.93. The van der Waals surface area contributed by atoms with Crippen molar-refractivity contribution >= 4 is 17.3 Å². The van der Waals surface area contributed by atoms with Crippen molar-refractivity contribution in [2.24, 2.45) is 0 Å². The molecule has 0 radical (unpaired) electrons. The molecule has 1 heterocycles. The third-order valence-electron chi connectivity index (χ3n) is 4.24. The summed E-state index contributed by atoms with van der Waals surface area (Å²) in [4.78, 5) is 22.8. The molecular formula is C18H19N3O4. The van der Waals surface area contributed by atoms with Gasteiger partial charge in [0.2, 0.25) is 5.91 Å². The van der Waals surface area contributed by atoms with E-state index in [-0.39, 0.29) is 24.2 Å². The van der Waals surface area contributed by atoms with Crippen LogP contribution in [0.25, 0.3) is 0 Å². The lowest BCUT2D eigenvalue weighted by Gasteiger charge is -2.26. The molecule has 0 aromatic heterocycles. The minimum atomic E-state index is -0.431. The number of ether oxygens (including phenoxy) is 1. The number of benzene rings is 2. The maximum atomic E-state index is 12.3. The topological polar surface area (TPSA) is 93.5 Å². The Balaban J connectivity index is 1.63.